The summed E-state index contributed by atoms with van der Waals surface area (Å²) in [5.41, 5.74) is 2.49. The summed E-state index contributed by atoms with van der Waals surface area (Å²) < 4.78 is 1.86. The number of hydrogen-bond acceptors (Lipinski definition) is 4. The molecule has 0 bridgehead atoms. The highest BCUT2D eigenvalue weighted by atomic mass is 16.1. The van der Waals surface area contributed by atoms with Crippen LogP contribution in [-0.2, 0) is 13.6 Å². The lowest BCUT2D eigenvalue weighted by atomic mass is 10.1. The summed E-state index contributed by atoms with van der Waals surface area (Å²) in [5.74, 6) is 1.40. The van der Waals surface area contributed by atoms with Gasteiger partial charge in [0.05, 0.1) is 17.8 Å². The fourth-order valence-electron chi connectivity index (χ4n) is 2.61. The Hall–Kier alpha value is -3.15. The molecule has 2 aromatic carbocycles. The van der Waals surface area contributed by atoms with Crippen LogP contribution < -0.4 is 10.2 Å². The largest absolute Gasteiger partial charge is 0.345 e. The number of hydrogen-bond donors (Lipinski definition) is 1. The van der Waals surface area contributed by atoms with Crippen molar-refractivity contribution in [1.29, 1.82) is 0 Å². The summed E-state index contributed by atoms with van der Waals surface area (Å²) in [6, 6.07) is 17.5. The van der Waals surface area contributed by atoms with Crippen LogP contribution in [-0.4, -0.2) is 27.7 Å². The van der Waals surface area contributed by atoms with Gasteiger partial charge in [-0.05, 0) is 31.2 Å². The van der Waals surface area contributed by atoms with Crippen molar-refractivity contribution in [3.8, 4) is 0 Å². The highest BCUT2D eigenvalue weighted by Gasteiger charge is 2.15. The summed E-state index contributed by atoms with van der Waals surface area (Å²) in [5, 5.41) is 11.0. The molecule has 0 aliphatic heterocycles. The molecule has 0 spiro atoms. The van der Waals surface area contributed by atoms with E-state index in [1.54, 1.807) is 0 Å². The molecular weight excluding hydrogens is 314 g/mol. The first-order chi connectivity index (χ1) is 12.1. The van der Waals surface area contributed by atoms with E-state index in [0.717, 1.165) is 23.0 Å². The fourth-order valence-corrected chi connectivity index (χ4v) is 2.61. The van der Waals surface area contributed by atoms with Crippen LogP contribution in [0.2, 0.25) is 0 Å². The minimum absolute atomic E-state index is 0.140. The zero-order valence-corrected chi connectivity index (χ0v) is 14.6. The monoisotopic (exact) mass is 335 g/mol. The normalized spacial score (nSPS) is 10.5. The van der Waals surface area contributed by atoms with Gasteiger partial charge in [-0.25, -0.2) is 0 Å². The number of aromatic nitrogens is 3. The summed E-state index contributed by atoms with van der Waals surface area (Å²) >= 11 is 0. The Morgan fingerprint density at radius 3 is 2.44 bits per heavy atom. The summed E-state index contributed by atoms with van der Waals surface area (Å²) in [6.07, 6.45) is 0. The molecule has 6 heteroatoms. The average Bonchev–Trinajstić information content (AvgIpc) is 2.98. The van der Waals surface area contributed by atoms with Gasteiger partial charge in [-0.1, -0.05) is 30.3 Å². The van der Waals surface area contributed by atoms with E-state index in [-0.39, 0.29) is 5.91 Å². The second-order valence-corrected chi connectivity index (χ2v) is 5.82. The van der Waals surface area contributed by atoms with Gasteiger partial charge in [-0.2, -0.15) is 0 Å². The number of amides is 1. The first-order valence-electron chi connectivity index (χ1n) is 8.09. The summed E-state index contributed by atoms with van der Waals surface area (Å²) in [4.78, 5) is 14.7. The third-order valence-corrected chi connectivity index (χ3v) is 4.24. The number of anilines is 2. The van der Waals surface area contributed by atoms with E-state index in [9.17, 15) is 4.79 Å². The molecule has 1 amide bonds. The molecule has 0 unspecified atom stereocenters. The number of carbonyl (C=O) groups excluding carboxylic acids is 1. The number of nitrogens with zero attached hydrogens (tertiary/aromatic N) is 4. The van der Waals surface area contributed by atoms with Gasteiger partial charge in [0.25, 0.3) is 5.91 Å². The Kier molecular flexibility index (Phi) is 4.79. The molecule has 0 aliphatic carbocycles. The molecule has 0 saturated heterocycles. The van der Waals surface area contributed by atoms with Gasteiger partial charge in [0.1, 0.15) is 5.82 Å². The lowest BCUT2D eigenvalue weighted by Crippen LogP contribution is -2.26. The van der Waals surface area contributed by atoms with E-state index in [0.29, 0.717) is 12.1 Å². The molecule has 3 aromatic rings. The van der Waals surface area contributed by atoms with Crippen molar-refractivity contribution >= 4 is 17.3 Å². The zero-order valence-electron chi connectivity index (χ0n) is 14.6. The van der Waals surface area contributed by atoms with E-state index in [4.69, 9.17) is 0 Å². The van der Waals surface area contributed by atoms with Crippen molar-refractivity contribution in [2.24, 2.45) is 7.05 Å². The first-order valence-corrected chi connectivity index (χ1v) is 8.09. The molecule has 6 nitrogen and oxygen atoms in total. The van der Waals surface area contributed by atoms with Crippen LogP contribution >= 0.6 is 0 Å². The van der Waals surface area contributed by atoms with Crippen molar-refractivity contribution in [2.45, 2.75) is 13.5 Å². The molecule has 3 rings (SSSR count). The van der Waals surface area contributed by atoms with Crippen molar-refractivity contribution < 1.29 is 4.79 Å². The van der Waals surface area contributed by atoms with Crippen LogP contribution in [0.3, 0.4) is 0 Å². The molecule has 0 radical (unpaired) electrons. The SMILES string of the molecule is Cc1nnc(CNC(=O)c2ccccc2N(C)c2ccccc2)n1C. The zero-order chi connectivity index (χ0) is 17.8. The number of nitrogens with one attached hydrogen (secondary N) is 1. The molecular formula is C19H21N5O. The predicted octanol–water partition coefficient (Wildman–Crippen LogP) is 2.82. The van der Waals surface area contributed by atoms with Gasteiger partial charge in [-0.3, -0.25) is 4.79 Å². The maximum absolute atomic E-state index is 12.7. The maximum Gasteiger partial charge on any atom is 0.253 e. The number of benzene rings is 2. The molecule has 0 fully saturated rings. The average molecular weight is 335 g/mol. The Balaban J connectivity index is 1.80. The van der Waals surface area contributed by atoms with Crippen LogP contribution in [0.1, 0.15) is 22.0 Å². The van der Waals surface area contributed by atoms with Gasteiger partial charge in [0.15, 0.2) is 5.82 Å². The molecule has 1 N–H and O–H groups in total. The first kappa shape index (κ1) is 16.7. The topological polar surface area (TPSA) is 63.1 Å². The predicted molar refractivity (Wildman–Crippen MR) is 97.9 cm³/mol. The van der Waals surface area contributed by atoms with Gasteiger partial charge in [0.2, 0.25) is 0 Å². The minimum Gasteiger partial charge on any atom is -0.345 e. The molecule has 128 valence electrons. The van der Waals surface area contributed by atoms with Crippen molar-refractivity contribution in [3.63, 3.8) is 0 Å². The van der Waals surface area contributed by atoms with Crippen molar-refractivity contribution in [3.05, 3.63) is 71.8 Å². The smallest absolute Gasteiger partial charge is 0.253 e. The highest BCUT2D eigenvalue weighted by Crippen LogP contribution is 2.26. The van der Waals surface area contributed by atoms with E-state index in [1.165, 1.54) is 0 Å². The Morgan fingerprint density at radius 1 is 1.08 bits per heavy atom. The van der Waals surface area contributed by atoms with Gasteiger partial charge < -0.3 is 14.8 Å². The Labute approximate surface area is 147 Å². The summed E-state index contributed by atoms with van der Waals surface area (Å²) in [7, 11) is 3.83. The summed E-state index contributed by atoms with van der Waals surface area (Å²) in [6.45, 7) is 2.21. The molecule has 1 aromatic heterocycles. The third-order valence-electron chi connectivity index (χ3n) is 4.24. The van der Waals surface area contributed by atoms with E-state index in [1.807, 2.05) is 85.1 Å². The molecule has 1 heterocycles. The van der Waals surface area contributed by atoms with Crippen molar-refractivity contribution in [1.82, 2.24) is 20.1 Å². The van der Waals surface area contributed by atoms with Crippen LogP contribution in [0.15, 0.2) is 54.6 Å². The van der Waals surface area contributed by atoms with Gasteiger partial charge in [-0.15, -0.1) is 10.2 Å². The van der Waals surface area contributed by atoms with Gasteiger partial charge in [0, 0.05) is 19.8 Å². The lowest BCUT2D eigenvalue weighted by Gasteiger charge is -2.22. The van der Waals surface area contributed by atoms with E-state index < -0.39 is 0 Å². The fraction of sp³-hybridized carbons (Fsp3) is 0.211. The van der Waals surface area contributed by atoms with Crippen molar-refractivity contribution in [2.75, 3.05) is 11.9 Å². The second-order valence-electron chi connectivity index (χ2n) is 5.82. The maximum atomic E-state index is 12.7. The Bertz CT molecular complexity index is 873. The standard InChI is InChI=1S/C19H21N5O/c1-14-21-22-18(23(14)2)13-20-19(25)16-11-7-8-12-17(16)24(3)15-9-5-4-6-10-15/h4-12H,13H2,1-3H3,(H,20,25). The number of aryl methyl sites for hydroxylation is 1. The molecule has 0 aliphatic rings. The molecule has 0 atom stereocenters. The van der Waals surface area contributed by atoms with Crippen LogP contribution in [0.4, 0.5) is 11.4 Å². The number of rotatable bonds is 5. The second kappa shape index (κ2) is 7.17. The molecule has 25 heavy (non-hydrogen) atoms. The number of para-hydroxylation sites is 2. The minimum atomic E-state index is -0.140. The van der Waals surface area contributed by atoms with Crippen LogP contribution in [0.5, 0.6) is 0 Å². The lowest BCUT2D eigenvalue weighted by molar-refractivity contribution is 0.0950. The van der Waals surface area contributed by atoms with Gasteiger partial charge >= 0.3 is 0 Å². The highest BCUT2D eigenvalue weighted by molar-refractivity contribution is 6.00. The molecule has 0 saturated carbocycles. The quantitative estimate of drug-likeness (QED) is 0.779. The Morgan fingerprint density at radius 2 is 1.76 bits per heavy atom. The van der Waals surface area contributed by atoms with E-state index in [2.05, 4.69) is 15.5 Å². The van der Waals surface area contributed by atoms with E-state index >= 15 is 0 Å². The number of carbonyl (C=O) groups is 1. The van der Waals surface area contributed by atoms with Crippen LogP contribution in [0, 0.1) is 6.92 Å². The third kappa shape index (κ3) is 3.52. The van der Waals surface area contributed by atoms with Crippen LogP contribution in [0.25, 0.3) is 0 Å².